The van der Waals surface area contributed by atoms with E-state index in [1.807, 2.05) is 0 Å². The number of aromatic nitrogens is 2. The molecule has 0 bridgehead atoms. The van der Waals surface area contributed by atoms with Gasteiger partial charge in [-0.1, -0.05) is 73.0 Å². The van der Waals surface area contributed by atoms with Crippen molar-refractivity contribution in [2.45, 2.75) is 41.8 Å². The zero-order chi connectivity index (χ0) is 14.1. The Morgan fingerprint density at radius 1 is 1.26 bits per heavy atom. The van der Waals surface area contributed by atoms with Gasteiger partial charge < -0.3 is 0 Å². The van der Waals surface area contributed by atoms with Gasteiger partial charge in [-0.05, 0) is 18.9 Å². The van der Waals surface area contributed by atoms with Crippen LogP contribution in [0.15, 0.2) is 20.8 Å². The van der Waals surface area contributed by atoms with Gasteiger partial charge in [0, 0.05) is 5.75 Å². The van der Waals surface area contributed by atoms with E-state index in [0.29, 0.717) is 10.7 Å². The Morgan fingerprint density at radius 3 is 2.58 bits per heavy atom. The van der Waals surface area contributed by atoms with Crippen LogP contribution in [0.3, 0.4) is 0 Å². The van der Waals surface area contributed by atoms with Gasteiger partial charge >= 0.3 is 0 Å². The first-order valence-electron chi connectivity index (χ1n) is 6.05. The number of thioether (sulfide) groups is 3. The summed E-state index contributed by atoms with van der Waals surface area (Å²) in [6.07, 6.45) is 3.74. The average molecular weight is 335 g/mol. The lowest BCUT2D eigenvalue weighted by molar-refractivity contribution is -0.107. The van der Waals surface area contributed by atoms with Crippen LogP contribution in [-0.4, -0.2) is 26.2 Å². The van der Waals surface area contributed by atoms with Crippen molar-refractivity contribution < 1.29 is 4.79 Å². The first-order valence-corrected chi connectivity index (χ1v) is 9.82. The SMILES string of the molecule is C=C(C)C(=O)SCSc1nnc(SCCCCC)s1. The van der Waals surface area contributed by atoms with Crippen molar-refractivity contribution in [3.63, 3.8) is 0 Å². The minimum absolute atomic E-state index is 0.0474. The van der Waals surface area contributed by atoms with Crippen molar-refractivity contribution in [2.24, 2.45) is 0 Å². The number of unbranched alkanes of at least 4 members (excludes halogenated alkanes) is 2. The lowest BCUT2D eigenvalue weighted by Crippen LogP contribution is -1.91. The van der Waals surface area contributed by atoms with Crippen LogP contribution >= 0.6 is 46.6 Å². The van der Waals surface area contributed by atoms with Gasteiger partial charge in [0.2, 0.25) is 5.12 Å². The molecule has 0 radical (unpaired) electrons. The van der Waals surface area contributed by atoms with Crippen molar-refractivity contribution in [3.05, 3.63) is 12.2 Å². The Bertz CT molecular complexity index is 420. The first kappa shape index (κ1) is 17.1. The monoisotopic (exact) mass is 334 g/mol. The van der Waals surface area contributed by atoms with E-state index in [4.69, 9.17) is 0 Å². The molecule has 0 aliphatic carbocycles. The van der Waals surface area contributed by atoms with Gasteiger partial charge in [0.05, 0.1) is 5.08 Å². The zero-order valence-corrected chi connectivity index (χ0v) is 14.4. The van der Waals surface area contributed by atoms with Gasteiger partial charge in [0.1, 0.15) is 0 Å². The predicted molar refractivity (Wildman–Crippen MR) is 88.3 cm³/mol. The highest BCUT2D eigenvalue weighted by atomic mass is 32.2. The summed E-state index contributed by atoms with van der Waals surface area (Å²) in [5, 5.41) is 8.98. The number of carbonyl (C=O) groups excluding carboxylic acids is 1. The summed E-state index contributed by atoms with van der Waals surface area (Å²) < 4.78 is 1.95. The van der Waals surface area contributed by atoms with Crippen molar-refractivity contribution in [2.75, 3.05) is 10.8 Å². The van der Waals surface area contributed by atoms with Crippen molar-refractivity contribution in [3.8, 4) is 0 Å². The summed E-state index contributed by atoms with van der Waals surface area (Å²) in [5.74, 6) is 1.11. The van der Waals surface area contributed by atoms with Crippen LogP contribution in [0.1, 0.15) is 33.1 Å². The van der Waals surface area contributed by atoms with E-state index in [2.05, 4.69) is 23.7 Å². The average Bonchev–Trinajstić information content (AvgIpc) is 2.82. The molecule has 0 fully saturated rings. The smallest absolute Gasteiger partial charge is 0.215 e. The molecule has 1 rings (SSSR count). The van der Waals surface area contributed by atoms with Crippen LogP contribution in [0.4, 0.5) is 0 Å². The molecular formula is C12H18N2OS4. The highest BCUT2D eigenvalue weighted by Crippen LogP contribution is 2.31. The molecule has 0 spiro atoms. The van der Waals surface area contributed by atoms with Crippen LogP contribution in [0.2, 0.25) is 0 Å². The molecule has 19 heavy (non-hydrogen) atoms. The van der Waals surface area contributed by atoms with E-state index in [1.54, 1.807) is 41.8 Å². The molecule has 0 aliphatic rings. The van der Waals surface area contributed by atoms with Crippen molar-refractivity contribution in [1.29, 1.82) is 0 Å². The molecule has 0 saturated carbocycles. The number of rotatable bonds is 9. The Balaban J connectivity index is 2.23. The van der Waals surface area contributed by atoms with Crippen LogP contribution < -0.4 is 0 Å². The van der Waals surface area contributed by atoms with Crippen LogP contribution in [-0.2, 0) is 4.79 Å². The minimum Gasteiger partial charge on any atom is -0.282 e. The second-order valence-electron chi connectivity index (χ2n) is 3.86. The third kappa shape index (κ3) is 7.39. The lowest BCUT2D eigenvalue weighted by Gasteiger charge is -1.96. The predicted octanol–water partition coefficient (Wildman–Crippen LogP) is 4.71. The van der Waals surface area contributed by atoms with Gasteiger partial charge in [-0.25, -0.2) is 0 Å². The third-order valence-corrected chi connectivity index (χ3v) is 6.51. The molecule has 0 saturated heterocycles. The largest absolute Gasteiger partial charge is 0.282 e. The molecule has 0 N–H and O–H groups in total. The zero-order valence-electron chi connectivity index (χ0n) is 11.2. The number of nitrogens with zero attached hydrogens (tertiary/aromatic N) is 2. The summed E-state index contributed by atoms with van der Waals surface area (Å²) in [5.41, 5.74) is 0.593. The molecule has 0 amide bonds. The van der Waals surface area contributed by atoms with E-state index in [-0.39, 0.29) is 5.12 Å². The van der Waals surface area contributed by atoms with E-state index < -0.39 is 0 Å². The first-order chi connectivity index (χ1) is 9.13. The molecule has 7 heteroatoms. The van der Waals surface area contributed by atoms with E-state index in [9.17, 15) is 4.79 Å². The summed E-state index contributed by atoms with van der Waals surface area (Å²) in [6, 6.07) is 0. The van der Waals surface area contributed by atoms with Crippen LogP contribution in [0, 0.1) is 0 Å². The Hall–Kier alpha value is 0.0200. The Morgan fingerprint density at radius 2 is 1.95 bits per heavy atom. The Kier molecular flexibility index (Phi) is 8.85. The van der Waals surface area contributed by atoms with Gasteiger partial charge in [-0.3, -0.25) is 4.79 Å². The highest BCUT2D eigenvalue weighted by Gasteiger charge is 2.07. The van der Waals surface area contributed by atoms with Gasteiger partial charge in [-0.15, -0.1) is 10.2 Å². The number of hydrogen-bond acceptors (Lipinski definition) is 7. The maximum Gasteiger partial charge on any atom is 0.215 e. The molecule has 1 heterocycles. The normalized spacial score (nSPS) is 10.6. The maximum absolute atomic E-state index is 11.4. The fraction of sp³-hybridized carbons (Fsp3) is 0.583. The second kappa shape index (κ2) is 9.85. The molecule has 0 atom stereocenters. The fourth-order valence-electron chi connectivity index (χ4n) is 1.08. The third-order valence-electron chi connectivity index (χ3n) is 2.08. The molecule has 106 valence electrons. The van der Waals surface area contributed by atoms with Crippen molar-refractivity contribution in [1.82, 2.24) is 10.2 Å². The second-order valence-corrected chi connectivity index (χ2v) is 8.72. The molecule has 3 nitrogen and oxygen atoms in total. The number of carbonyl (C=O) groups is 1. The standard InChI is InChI=1S/C12H18N2OS4/c1-4-5-6-7-16-11-13-14-12(19-11)18-8-17-10(15)9(2)3/h2,4-8H2,1,3H3. The summed E-state index contributed by atoms with van der Waals surface area (Å²) >= 11 is 6.21. The topological polar surface area (TPSA) is 42.9 Å². The van der Waals surface area contributed by atoms with Crippen LogP contribution in [0.5, 0.6) is 0 Å². The van der Waals surface area contributed by atoms with Gasteiger partial charge in [0.25, 0.3) is 0 Å². The van der Waals surface area contributed by atoms with E-state index >= 15 is 0 Å². The van der Waals surface area contributed by atoms with E-state index in [0.717, 1.165) is 14.4 Å². The Labute approximate surface area is 131 Å². The highest BCUT2D eigenvalue weighted by molar-refractivity contribution is 8.24. The van der Waals surface area contributed by atoms with E-state index in [1.165, 1.54) is 31.0 Å². The molecule has 0 aromatic carbocycles. The molecule has 0 aliphatic heterocycles. The molecule has 1 aromatic heterocycles. The van der Waals surface area contributed by atoms with Gasteiger partial charge in [0.15, 0.2) is 8.68 Å². The summed E-state index contributed by atoms with van der Waals surface area (Å²) in [6.45, 7) is 7.56. The van der Waals surface area contributed by atoms with Crippen molar-refractivity contribution >= 4 is 51.7 Å². The molecule has 0 unspecified atom stereocenters. The molecule has 1 aromatic rings. The summed E-state index contributed by atoms with van der Waals surface area (Å²) in [4.78, 5) is 11.4. The maximum atomic E-state index is 11.4. The summed E-state index contributed by atoms with van der Waals surface area (Å²) in [7, 11) is 0. The van der Waals surface area contributed by atoms with Crippen LogP contribution in [0.25, 0.3) is 0 Å². The number of hydrogen-bond donors (Lipinski definition) is 0. The quantitative estimate of drug-likeness (QED) is 0.282. The minimum atomic E-state index is 0.0474. The molecular weight excluding hydrogens is 316 g/mol. The lowest BCUT2D eigenvalue weighted by atomic mass is 10.3. The van der Waals surface area contributed by atoms with Gasteiger partial charge in [-0.2, -0.15) is 0 Å². The fourth-order valence-corrected chi connectivity index (χ4v) is 5.21.